The number of piperidine rings is 1. The van der Waals surface area contributed by atoms with Gasteiger partial charge in [0, 0.05) is 19.0 Å². The summed E-state index contributed by atoms with van der Waals surface area (Å²) in [5.41, 5.74) is 0. The third kappa shape index (κ3) is 4.65. The summed E-state index contributed by atoms with van der Waals surface area (Å²) >= 11 is 0. The molecule has 0 aromatic carbocycles. The van der Waals surface area contributed by atoms with Crippen LogP contribution in [0.25, 0.3) is 0 Å². The highest BCUT2D eigenvalue weighted by Crippen LogP contribution is 2.21. The summed E-state index contributed by atoms with van der Waals surface area (Å²) < 4.78 is 0. The maximum atomic E-state index is 10.4. The van der Waals surface area contributed by atoms with Crippen LogP contribution in [0.2, 0.25) is 0 Å². The van der Waals surface area contributed by atoms with Gasteiger partial charge in [0.05, 0.1) is 0 Å². The van der Waals surface area contributed by atoms with Gasteiger partial charge in [-0.1, -0.05) is 6.92 Å². The monoisotopic (exact) mass is 213 g/mol. The van der Waals surface area contributed by atoms with Crippen molar-refractivity contribution in [3.8, 4) is 0 Å². The molecule has 88 valence electrons. The van der Waals surface area contributed by atoms with Gasteiger partial charge in [0.15, 0.2) is 0 Å². The molecular weight excluding hydrogens is 190 g/mol. The van der Waals surface area contributed by atoms with Gasteiger partial charge in [-0.2, -0.15) is 0 Å². The van der Waals surface area contributed by atoms with Crippen molar-refractivity contribution in [2.75, 3.05) is 13.1 Å². The highest BCUT2D eigenvalue weighted by molar-refractivity contribution is 5.66. The second-order valence-corrected chi connectivity index (χ2v) is 4.88. The minimum atomic E-state index is -0.671. The molecule has 0 aliphatic carbocycles. The Morgan fingerprint density at radius 2 is 2.07 bits per heavy atom. The van der Waals surface area contributed by atoms with E-state index in [1.54, 1.807) is 0 Å². The van der Waals surface area contributed by atoms with Crippen molar-refractivity contribution in [2.45, 2.75) is 52.0 Å². The number of carboxylic acid groups (broad SMARTS) is 1. The number of rotatable bonds is 5. The molecule has 1 aliphatic heterocycles. The van der Waals surface area contributed by atoms with Crippen LogP contribution in [0, 0.1) is 5.92 Å². The molecule has 15 heavy (non-hydrogen) atoms. The Labute approximate surface area is 92.5 Å². The molecule has 0 aromatic rings. The average molecular weight is 213 g/mol. The van der Waals surface area contributed by atoms with Crippen LogP contribution in [-0.4, -0.2) is 35.1 Å². The maximum absolute atomic E-state index is 10.4. The Balaban J connectivity index is 2.16. The molecule has 0 amide bonds. The summed E-state index contributed by atoms with van der Waals surface area (Å²) in [6, 6.07) is 0.686. The first kappa shape index (κ1) is 12.5. The van der Waals surface area contributed by atoms with Crippen LogP contribution >= 0.6 is 0 Å². The molecule has 0 bridgehead atoms. The van der Waals surface area contributed by atoms with Gasteiger partial charge >= 0.3 is 5.97 Å². The zero-order chi connectivity index (χ0) is 11.3. The first-order chi connectivity index (χ1) is 7.09. The Morgan fingerprint density at radius 3 is 2.73 bits per heavy atom. The van der Waals surface area contributed by atoms with E-state index < -0.39 is 5.97 Å². The largest absolute Gasteiger partial charge is 0.481 e. The number of carboxylic acids is 1. The van der Waals surface area contributed by atoms with Gasteiger partial charge in [-0.05, 0) is 45.1 Å². The molecule has 3 heteroatoms. The summed E-state index contributed by atoms with van der Waals surface area (Å²) in [4.78, 5) is 12.9. The van der Waals surface area contributed by atoms with E-state index in [-0.39, 0.29) is 0 Å². The van der Waals surface area contributed by atoms with Crippen molar-refractivity contribution < 1.29 is 9.90 Å². The predicted molar refractivity (Wildman–Crippen MR) is 60.9 cm³/mol. The zero-order valence-corrected chi connectivity index (χ0v) is 9.91. The molecule has 1 N–H and O–H groups in total. The number of carbonyl (C=O) groups is 1. The van der Waals surface area contributed by atoms with E-state index in [9.17, 15) is 4.79 Å². The molecular formula is C12H23NO2. The molecule has 3 nitrogen and oxygen atoms in total. The standard InChI is InChI=1S/C12H23NO2/c1-10-6-7-11(2)13(9-10)8-4-3-5-12(14)15/h10-11H,3-9H2,1-2H3,(H,14,15). The highest BCUT2D eigenvalue weighted by Gasteiger charge is 2.21. The molecule has 1 aliphatic rings. The van der Waals surface area contributed by atoms with Crippen LogP contribution < -0.4 is 0 Å². The smallest absolute Gasteiger partial charge is 0.303 e. The molecule has 0 radical (unpaired) electrons. The van der Waals surface area contributed by atoms with Crippen LogP contribution in [0.3, 0.4) is 0 Å². The van der Waals surface area contributed by atoms with Gasteiger partial charge in [0.25, 0.3) is 0 Å². The lowest BCUT2D eigenvalue weighted by atomic mass is 9.95. The van der Waals surface area contributed by atoms with Crippen molar-refractivity contribution in [2.24, 2.45) is 5.92 Å². The summed E-state index contributed by atoms with van der Waals surface area (Å²) in [5.74, 6) is 0.135. The number of aliphatic carboxylic acids is 1. The normalized spacial score (nSPS) is 27.9. The molecule has 2 atom stereocenters. The molecule has 0 saturated carbocycles. The van der Waals surface area contributed by atoms with E-state index in [1.807, 2.05) is 0 Å². The first-order valence-corrected chi connectivity index (χ1v) is 6.05. The van der Waals surface area contributed by atoms with E-state index in [0.29, 0.717) is 12.5 Å². The Morgan fingerprint density at radius 1 is 1.33 bits per heavy atom. The quantitative estimate of drug-likeness (QED) is 0.713. The summed E-state index contributed by atoms with van der Waals surface area (Å²) in [6.45, 7) is 6.84. The molecule has 0 aromatic heterocycles. The van der Waals surface area contributed by atoms with Gasteiger partial charge in [0.1, 0.15) is 0 Å². The van der Waals surface area contributed by atoms with Crippen molar-refractivity contribution in [1.82, 2.24) is 4.90 Å². The van der Waals surface area contributed by atoms with Gasteiger partial charge in [-0.25, -0.2) is 0 Å². The number of likely N-dealkylation sites (tertiary alicyclic amines) is 1. The Kier molecular flexibility index (Phi) is 5.09. The van der Waals surface area contributed by atoms with Crippen LogP contribution in [0.4, 0.5) is 0 Å². The van der Waals surface area contributed by atoms with Crippen molar-refractivity contribution in [3.05, 3.63) is 0 Å². The Hall–Kier alpha value is -0.570. The minimum Gasteiger partial charge on any atom is -0.481 e. The van der Waals surface area contributed by atoms with Crippen molar-refractivity contribution in [3.63, 3.8) is 0 Å². The molecule has 0 spiro atoms. The van der Waals surface area contributed by atoms with E-state index in [2.05, 4.69) is 18.7 Å². The third-order valence-corrected chi connectivity index (χ3v) is 3.33. The molecule has 1 fully saturated rings. The van der Waals surface area contributed by atoms with Gasteiger partial charge in [-0.3, -0.25) is 4.79 Å². The van der Waals surface area contributed by atoms with E-state index in [1.165, 1.54) is 19.4 Å². The molecule has 1 heterocycles. The lowest BCUT2D eigenvalue weighted by molar-refractivity contribution is -0.137. The Bertz CT molecular complexity index is 206. The second-order valence-electron chi connectivity index (χ2n) is 4.88. The number of hydrogen-bond acceptors (Lipinski definition) is 2. The fourth-order valence-electron chi connectivity index (χ4n) is 2.28. The molecule has 2 unspecified atom stereocenters. The van der Waals surface area contributed by atoms with Crippen molar-refractivity contribution in [1.29, 1.82) is 0 Å². The van der Waals surface area contributed by atoms with Gasteiger partial charge in [-0.15, -0.1) is 0 Å². The topological polar surface area (TPSA) is 40.5 Å². The van der Waals surface area contributed by atoms with E-state index in [4.69, 9.17) is 5.11 Å². The maximum Gasteiger partial charge on any atom is 0.303 e. The number of nitrogens with zero attached hydrogens (tertiary/aromatic N) is 1. The van der Waals surface area contributed by atoms with Crippen LogP contribution in [0.5, 0.6) is 0 Å². The van der Waals surface area contributed by atoms with Crippen LogP contribution in [0.1, 0.15) is 46.0 Å². The fraction of sp³-hybridized carbons (Fsp3) is 0.917. The molecule has 1 rings (SSSR count). The fourth-order valence-corrected chi connectivity index (χ4v) is 2.28. The highest BCUT2D eigenvalue weighted by atomic mass is 16.4. The lowest BCUT2D eigenvalue weighted by Crippen LogP contribution is -2.41. The zero-order valence-electron chi connectivity index (χ0n) is 9.91. The summed E-state index contributed by atoms with van der Waals surface area (Å²) in [5, 5.41) is 8.53. The van der Waals surface area contributed by atoms with E-state index >= 15 is 0 Å². The SMILES string of the molecule is CC1CCC(C)N(CCCCC(=O)O)C1. The minimum absolute atomic E-state index is 0.317. The second kappa shape index (κ2) is 6.11. The lowest BCUT2D eigenvalue weighted by Gasteiger charge is -2.36. The van der Waals surface area contributed by atoms with Crippen LogP contribution in [0.15, 0.2) is 0 Å². The number of hydrogen-bond donors (Lipinski definition) is 1. The predicted octanol–water partition coefficient (Wildman–Crippen LogP) is 2.36. The average Bonchev–Trinajstić information content (AvgIpc) is 2.17. The molecule has 1 saturated heterocycles. The van der Waals surface area contributed by atoms with Gasteiger partial charge < -0.3 is 10.0 Å². The van der Waals surface area contributed by atoms with Crippen molar-refractivity contribution >= 4 is 5.97 Å². The first-order valence-electron chi connectivity index (χ1n) is 6.05. The number of unbranched alkanes of at least 4 members (excludes halogenated alkanes) is 1. The van der Waals surface area contributed by atoms with Gasteiger partial charge in [0.2, 0.25) is 0 Å². The summed E-state index contributed by atoms with van der Waals surface area (Å²) in [7, 11) is 0. The van der Waals surface area contributed by atoms with E-state index in [0.717, 1.165) is 25.3 Å². The third-order valence-electron chi connectivity index (χ3n) is 3.33. The van der Waals surface area contributed by atoms with Crippen LogP contribution in [-0.2, 0) is 4.79 Å². The summed E-state index contributed by atoms with van der Waals surface area (Å²) in [6.07, 6.45) is 4.78.